The first-order valence-electron chi connectivity index (χ1n) is 9.30. The van der Waals surface area contributed by atoms with Gasteiger partial charge in [-0.25, -0.2) is 4.98 Å². The van der Waals surface area contributed by atoms with Crippen LogP contribution in [0.2, 0.25) is 0 Å². The number of nitrogens with zero attached hydrogens (tertiary/aromatic N) is 2. The van der Waals surface area contributed by atoms with E-state index < -0.39 is 0 Å². The van der Waals surface area contributed by atoms with Gasteiger partial charge in [0.05, 0.1) is 23.5 Å². The molecule has 0 unspecified atom stereocenters. The van der Waals surface area contributed by atoms with E-state index in [1.807, 2.05) is 31.2 Å². The van der Waals surface area contributed by atoms with Gasteiger partial charge in [-0.1, -0.05) is 36.4 Å². The molecule has 0 atom stereocenters. The molecule has 0 bridgehead atoms. The fraction of sp³-hybridized carbons (Fsp3) is 0.261. The fourth-order valence-corrected chi connectivity index (χ4v) is 3.10. The predicted octanol–water partition coefficient (Wildman–Crippen LogP) is 5.47. The summed E-state index contributed by atoms with van der Waals surface area (Å²) in [6, 6.07) is 20.7. The molecule has 3 nitrogen and oxygen atoms in total. The molecule has 2 aromatic carbocycles. The molecule has 0 aliphatic heterocycles. The molecule has 0 saturated heterocycles. The van der Waals surface area contributed by atoms with Crippen LogP contribution in [-0.4, -0.2) is 29.6 Å². The maximum absolute atomic E-state index is 5.60. The predicted molar refractivity (Wildman–Crippen MR) is 110 cm³/mol. The molecular weight excluding hydrogens is 320 g/mol. The maximum Gasteiger partial charge on any atom is 0.120 e. The Kier molecular flexibility index (Phi) is 5.90. The van der Waals surface area contributed by atoms with Gasteiger partial charge in [0.25, 0.3) is 0 Å². The van der Waals surface area contributed by atoms with Crippen LogP contribution >= 0.6 is 0 Å². The first-order valence-corrected chi connectivity index (χ1v) is 9.30. The van der Waals surface area contributed by atoms with Gasteiger partial charge >= 0.3 is 0 Å². The van der Waals surface area contributed by atoms with Gasteiger partial charge in [0.1, 0.15) is 5.75 Å². The lowest BCUT2D eigenvalue weighted by Crippen LogP contribution is -2.21. The third-order valence-electron chi connectivity index (χ3n) is 4.44. The summed E-state index contributed by atoms with van der Waals surface area (Å²) < 4.78 is 5.60. The molecule has 1 heterocycles. The molecule has 134 valence electrons. The second-order valence-electron chi connectivity index (χ2n) is 6.10. The molecule has 0 radical (unpaired) electrons. The first-order chi connectivity index (χ1) is 12.7. The summed E-state index contributed by atoms with van der Waals surface area (Å²) in [5.74, 6) is 0.887. The van der Waals surface area contributed by atoms with Gasteiger partial charge in [-0.05, 0) is 56.7 Å². The fourth-order valence-electron chi connectivity index (χ4n) is 3.10. The zero-order valence-electron chi connectivity index (χ0n) is 15.8. The van der Waals surface area contributed by atoms with Crippen molar-refractivity contribution in [2.75, 3.05) is 19.7 Å². The van der Waals surface area contributed by atoms with Crippen LogP contribution in [0.25, 0.3) is 22.7 Å². The van der Waals surface area contributed by atoms with Crippen LogP contribution in [-0.2, 0) is 0 Å². The number of fused-ring (bicyclic) bond motifs is 1. The number of pyridine rings is 1. The highest BCUT2D eigenvalue weighted by Gasteiger charge is 2.11. The third-order valence-corrected chi connectivity index (χ3v) is 4.44. The number of aromatic nitrogens is 1. The van der Waals surface area contributed by atoms with E-state index >= 15 is 0 Å². The molecule has 0 amide bonds. The standard InChI is InChI=1S/C23H26N2O/c1-4-25(5-2)23(16-18-10-8-7-9-11-18)22-14-12-19-17-20(26-6-3)13-15-21(19)24-22/h7-17H,4-6H2,1-3H3. The second kappa shape index (κ2) is 8.52. The van der Waals surface area contributed by atoms with Gasteiger partial charge in [0, 0.05) is 18.5 Å². The summed E-state index contributed by atoms with van der Waals surface area (Å²) in [6.45, 7) is 8.91. The first kappa shape index (κ1) is 18.0. The number of hydrogen-bond acceptors (Lipinski definition) is 3. The Morgan fingerprint density at radius 2 is 1.73 bits per heavy atom. The van der Waals surface area contributed by atoms with Crippen LogP contribution in [0.3, 0.4) is 0 Å². The van der Waals surface area contributed by atoms with Crippen LogP contribution < -0.4 is 4.74 Å². The van der Waals surface area contributed by atoms with Gasteiger partial charge in [0.2, 0.25) is 0 Å². The Morgan fingerprint density at radius 1 is 0.962 bits per heavy atom. The number of hydrogen-bond donors (Lipinski definition) is 0. The monoisotopic (exact) mass is 346 g/mol. The normalized spacial score (nSPS) is 11.6. The van der Waals surface area contributed by atoms with Crippen molar-refractivity contribution in [3.8, 4) is 5.75 Å². The Balaban J connectivity index is 2.05. The van der Waals surface area contributed by atoms with Crippen molar-refractivity contribution in [2.24, 2.45) is 0 Å². The molecule has 0 N–H and O–H groups in total. The SMILES string of the molecule is CCOc1ccc2nc(C(=Cc3ccccc3)N(CC)CC)ccc2c1. The summed E-state index contributed by atoms with van der Waals surface area (Å²) in [7, 11) is 0. The highest BCUT2D eigenvalue weighted by molar-refractivity contribution is 5.85. The Labute approximate surface area is 155 Å². The van der Waals surface area contributed by atoms with Crippen molar-refractivity contribution < 1.29 is 4.74 Å². The lowest BCUT2D eigenvalue weighted by molar-refractivity contribution is 0.340. The third kappa shape index (κ3) is 4.05. The maximum atomic E-state index is 5.60. The molecule has 0 spiro atoms. The van der Waals surface area contributed by atoms with Crippen molar-refractivity contribution in [1.82, 2.24) is 9.88 Å². The summed E-state index contributed by atoms with van der Waals surface area (Å²) in [5.41, 5.74) is 4.31. The van der Waals surface area contributed by atoms with E-state index in [0.717, 1.165) is 41.1 Å². The van der Waals surface area contributed by atoms with E-state index in [2.05, 4.69) is 61.2 Å². The summed E-state index contributed by atoms with van der Waals surface area (Å²) in [6.07, 6.45) is 2.22. The zero-order chi connectivity index (χ0) is 18.4. The number of ether oxygens (including phenoxy) is 1. The van der Waals surface area contributed by atoms with Gasteiger partial charge in [-0.2, -0.15) is 0 Å². The zero-order valence-corrected chi connectivity index (χ0v) is 15.8. The highest BCUT2D eigenvalue weighted by atomic mass is 16.5. The molecule has 0 fully saturated rings. The van der Waals surface area contributed by atoms with E-state index in [1.54, 1.807) is 0 Å². The largest absolute Gasteiger partial charge is 0.494 e. The van der Waals surface area contributed by atoms with E-state index in [9.17, 15) is 0 Å². The molecule has 3 aromatic rings. The van der Waals surface area contributed by atoms with Crippen molar-refractivity contribution in [3.05, 3.63) is 71.9 Å². The number of rotatable bonds is 7. The minimum Gasteiger partial charge on any atom is -0.494 e. The Hall–Kier alpha value is -2.81. The van der Waals surface area contributed by atoms with Gasteiger partial charge in [0.15, 0.2) is 0 Å². The minimum atomic E-state index is 0.670. The van der Waals surface area contributed by atoms with E-state index in [-0.39, 0.29) is 0 Å². The molecular formula is C23H26N2O. The van der Waals surface area contributed by atoms with Crippen LogP contribution in [0.5, 0.6) is 5.75 Å². The van der Waals surface area contributed by atoms with Gasteiger partial charge in [-0.3, -0.25) is 0 Å². The van der Waals surface area contributed by atoms with Crippen LogP contribution in [0.4, 0.5) is 0 Å². The molecule has 3 heteroatoms. The average Bonchev–Trinajstić information content (AvgIpc) is 2.69. The smallest absolute Gasteiger partial charge is 0.120 e. The lowest BCUT2D eigenvalue weighted by Gasteiger charge is -2.24. The van der Waals surface area contributed by atoms with E-state index in [0.29, 0.717) is 6.61 Å². The van der Waals surface area contributed by atoms with Gasteiger partial charge < -0.3 is 9.64 Å². The molecule has 0 saturated carbocycles. The topological polar surface area (TPSA) is 25.4 Å². The Morgan fingerprint density at radius 3 is 2.42 bits per heavy atom. The number of benzene rings is 2. The van der Waals surface area contributed by atoms with Crippen LogP contribution in [0.15, 0.2) is 60.7 Å². The Bertz CT molecular complexity index is 883. The quantitative estimate of drug-likeness (QED) is 0.567. The van der Waals surface area contributed by atoms with Crippen LogP contribution in [0, 0.1) is 0 Å². The molecule has 3 rings (SSSR count). The van der Waals surface area contributed by atoms with Crippen molar-refractivity contribution in [2.45, 2.75) is 20.8 Å². The molecule has 1 aromatic heterocycles. The van der Waals surface area contributed by atoms with Gasteiger partial charge in [-0.15, -0.1) is 0 Å². The summed E-state index contributed by atoms with van der Waals surface area (Å²) in [5, 5.41) is 1.10. The molecule has 0 aliphatic rings. The van der Waals surface area contributed by atoms with Crippen molar-refractivity contribution in [1.29, 1.82) is 0 Å². The van der Waals surface area contributed by atoms with E-state index in [1.165, 1.54) is 5.56 Å². The van der Waals surface area contributed by atoms with Crippen LogP contribution in [0.1, 0.15) is 32.0 Å². The van der Waals surface area contributed by atoms with Crippen molar-refractivity contribution in [3.63, 3.8) is 0 Å². The average molecular weight is 346 g/mol. The minimum absolute atomic E-state index is 0.670. The lowest BCUT2D eigenvalue weighted by atomic mass is 10.1. The summed E-state index contributed by atoms with van der Waals surface area (Å²) >= 11 is 0. The second-order valence-corrected chi connectivity index (χ2v) is 6.10. The summed E-state index contributed by atoms with van der Waals surface area (Å²) in [4.78, 5) is 7.27. The molecule has 0 aliphatic carbocycles. The highest BCUT2D eigenvalue weighted by Crippen LogP contribution is 2.25. The van der Waals surface area contributed by atoms with Crippen molar-refractivity contribution >= 4 is 22.7 Å². The van der Waals surface area contributed by atoms with E-state index in [4.69, 9.17) is 9.72 Å². The molecule has 26 heavy (non-hydrogen) atoms.